The highest BCUT2D eigenvalue weighted by Crippen LogP contribution is 2.48. The number of hydrogen-bond acceptors (Lipinski definition) is 4. The highest BCUT2D eigenvalue weighted by Gasteiger charge is 2.42. The summed E-state index contributed by atoms with van der Waals surface area (Å²) in [4.78, 5) is 0. The summed E-state index contributed by atoms with van der Waals surface area (Å²) in [6.45, 7) is 4.53. The van der Waals surface area contributed by atoms with Gasteiger partial charge in [-0.25, -0.2) is 0 Å². The van der Waals surface area contributed by atoms with Crippen molar-refractivity contribution in [1.29, 1.82) is 0 Å². The van der Waals surface area contributed by atoms with Gasteiger partial charge in [-0.2, -0.15) is 0 Å². The van der Waals surface area contributed by atoms with Crippen LogP contribution in [0.2, 0.25) is 0 Å². The summed E-state index contributed by atoms with van der Waals surface area (Å²) in [5.74, 6) is 0. The minimum absolute atomic E-state index is 0.506. The first-order valence-corrected chi connectivity index (χ1v) is 5.11. The molecule has 1 aliphatic rings. The van der Waals surface area contributed by atoms with Crippen molar-refractivity contribution in [3.63, 3.8) is 0 Å². The summed E-state index contributed by atoms with van der Waals surface area (Å²) in [7, 11) is 0. The Labute approximate surface area is 76.2 Å². The fourth-order valence-electron chi connectivity index (χ4n) is 1.23. The summed E-state index contributed by atoms with van der Waals surface area (Å²) in [6.07, 6.45) is 2.67. The van der Waals surface area contributed by atoms with Crippen molar-refractivity contribution in [2.45, 2.75) is 32.7 Å². The molecule has 1 heterocycles. The fourth-order valence-corrected chi connectivity index (χ4v) is 1.76. The lowest BCUT2D eigenvalue weighted by atomic mass is 10.0. The van der Waals surface area contributed by atoms with Gasteiger partial charge < -0.3 is 5.32 Å². The maximum atomic E-state index is 3.95. The highest BCUT2D eigenvalue weighted by atomic mass is 32.1. The van der Waals surface area contributed by atoms with Crippen molar-refractivity contribution in [1.82, 2.24) is 10.2 Å². The number of anilines is 1. The molecule has 0 amide bonds. The van der Waals surface area contributed by atoms with Gasteiger partial charge in [-0.3, -0.25) is 0 Å². The van der Waals surface area contributed by atoms with Gasteiger partial charge in [0.1, 0.15) is 5.51 Å². The molecular weight excluding hydrogens is 170 g/mol. The second kappa shape index (κ2) is 2.69. The molecular formula is C8H13N3S. The van der Waals surface area contributed by atoms with Gasteiger partial charge in [0.25, 0.3) is 0 Å². The monoisotopic (exact) mass is 183 g/mol. The second-order valence-corrected chi connectivity index (χ2v) is 4.60. The van der Waals surface area contributed by atoms with Crippen LogP contribution in [0.5, 0.6) is 0 Å². The van der Waals surface area contributed by atoms with Gasteiger partial charge >= 0.3 is 0 Å². The van der Waals surface area contributed by atoms with Crippen molar-refractivity contribution in [3.05, 3.63) is 5.51 Å². The van der Waals surface area contributed by atoms with Crippen LogP contribution in [0.1, 0.15) is 26.7 Å². The molecule has 1 atom stereocenters. The van der Waals surface area contributed by atoms with E-state index in [-0.39, 0.29) is 0 Å². The van der Waals surface area contributed by atoms with E-state index in [1.165, 1.54) is 12.8 Å². The highest BCUT2D eigenvalue weighted by molar-refractivity contribution is 7.13. The van der Waals surface area contributed by atoms with Crippen molar-refractivity contribution in [2.75, 3.05) is 5.32 Å². The lowest BCUT2D eigenvalue weighted by Gasteiger charge is -2.18. The summed E-state index contributed by atoms with van der Waals surface area (Å²) in [5, 5.41) is 12.0. The Morgan fingerprint density at radius 1 is 1.67 bits per heavy atom. The fraction of sp³-hybridized carbons (Fsp3) is 0.750. The number of rotatable bonds is 3. The van der Waals surface area contributed by atoms with Crippen LogP contribution in [0.4, 0.5) is 5.13 Å². The Morgan fingerprint density at radius 3 is 2.92 bits per heavy atom. The molecule has 1 saturated carbocycles. The molecule has 0 spiro atoms. The molecule has 0 radical (unpaired) electrons. The number of aromatic nitrogens is 2. The predicted molar refractivity (Wildman–Crippen MR) is 50.3 cm³/mol. The van der Waals surface area contributed by atoms with E-state index in [4.69, 9.17) is 0 Å². The number of hydrogen-bond donors (Lipinski definition) is 1. The molecule has 12 heavy (non-hydrogen) atoms. The molecule has 0 aliphatic heterocycles. The molecule has 4 heteroatoms. The predicted octanol–water partition coefficient (Wildman–Crippen LogP) is 2.14. The van der Waals surface area contributed by atoms with Crippen LogP contribution in [0, 0.1) is 5.41 Å². The smallest absolute Gasteiger partial charge is 0.205 e. The number of nitrogens with one attached hydrogen (secondary N) is 1. The Bertz CT molecular complexity index is 253. The van der Waals surface area contributed by atoms with E-state index in [9.17, 15) is 0 Å². The molecule has 0 aromatic carbocycles. The van der Waals surface area contributed by atoms with Crippen LogP contribution < -0.4 is 5.32 Å². The van der Waals surface area contributed by atoms with Crippen molar-refractivity contribution in [3.8, 4) is 0 Å². The molecule has 1 unspecified atom stereocenters. The third kappa shape index (κ3) is 1.43. The van der Waals surface area contributed by atoms with Crippen LogP contribution in [0.25, 0.3) is 0 Å². The maximum absolute atomic E-state index is 3.95. The Balaban J connectivity index is 1.95. The van der Waals surface area contributed by atoms with Crippen molar-refractivity contribution >= 4 is 16.5 Å². The molecule has 0 bridgehead atoms. The Kier molecular flexibility index (Phi) is 1.79. The van der Waals surface area contributed by atoms with Gasteiger partial charge in [-0.15, -0.1) is 10.2 Å². The first kappa shape index (κ1) is 7.98. The Hall–Kier alpha value is -0.640. The van der Waals surface area contributed by atoms with Crippen LogP contribution in [-0.2, 0) is 0 Å². The quantitative estimate of drug-likeness (QED) is 0.780. The standard InChI is InChI=1S/C8H13N3S/c1-6(8(2)3-4-8)10-7-11-9-5-12-7/h5-6H,3-4H2,1-2H3,(H,10,11). The lowest BCUT2D eigenvalue weighted by molar-refractivity contribution is 0.493. The third-order valence-electron chi connectivity index (χ3n) is 2.78. The number of nitrogens with zero attached hydrogens (tertiary/aromatic N) is 2. The summed E-state index contributed by atoms with van der Waals surface area (Å²) >= 11 is 1.56. The largest absolute Gasteiger partial charge is 0.357 e. The molecule has 1 fully saturated rings. The van der Waals surface area contributed by atoms with Crippen molar-refractivity contribution in [2.24, 2.45) is 5.41 Å². The molecule has 1 N–H and O–H groups in total. The molecule has 1 aromatic rings. The zero-order chi connectivity index (χ0) is 8.60. The summed E-state index contributed by atoms with van der Waals surface area (Å²) in [5.41, 5.74) is 2.26. The van der Waals surface area contributed by atoms with E-state index >= 15 is 0 Å². The average molecular weight is 183 g/mol. The van der Waals surface area contributed by atoms with E-state index in [0.717, 1.165) is 5.13 Å². The van der Waals surface area contributed by atoms with Gasteiger partial charge in [0.2, 0.25) is 5.13 Å². The zero-order valence-electron chi connectivity index (χ0n) is 7.37. The van der Waals surface area contributed by atoms with Gasteiger partial charge in [-0.05, 0) is 25.2 Å². The van der Waals surface area contributed by atoms with E-state index in [0.29, 0.717) is 11.5 Å². The van der Waals surface area contributed by atoms with Crippen LogP contribution in [0.15, 0.2) is 5.51 Å². The van der Waals surface area contributed by atoms with E-state index in [1.807, 2.05) is 0 Å². The van der Waals surface area contributed by atoms with Crippen molar-refractivity contribution < 1.29 is 0 Å². The topological polar surface area (TPSA) is 37.8 Å². The SMILES string of the molecule is CC(Nc1nncs1)C1(C)CC1. The van der Waals surface area contributed by atoms with Crippen LogP contribution in [0.3, 0.4) is 0 Å². The minimum Gasteiger partial charge on any atom is -0.357 e. The third-order valence-corrected chi connectivity index (χ3v) is 3.41. The second-order valence-electron chi connectivity index (χ2n) is 3.76. The van der Waals surface area contributed by atoms with E-state index in [2.05, 4.69) is 29.4 Å². The normalized spacial score (nSPS) is 21.8. The molecule has 66 valence electrons. The maximum Gasteiger partial charge on any atom is 0.205 e. The molecule has 1 aliphatic carbocycles. The first-order valence-electron chi connectivity index (χ1n) is 4.23. The van der Waals surface area contributed by atoms with Crippen LogP contribution in [-0.4, -0.2) is 16.2 Å². The van der Waals surface area contributed by atoms with E-state index in [1.54, 1.807) is 16.8 Å². The molecule has 0 saturated heterocycles. The lowest BCUT2D eigenvalue weighted by Crippen LogP contribution is -2.24. The van der Waals surface area contributed by atoms with Gasteiger partial charge in [0, 0.05) is 6.04 Å². The van der Waals surface area contributed by atoms with Gasteiger partial charge in [-0.1, -0.05) is 18.3 Å². The first-order chi connectivity index (χ1) is 5.71. The Morgan fingerprint density at radius 2 is 2.42 bits per heavy atom. The molecule has 2 rings (SSSR count). The van der Waals surface area contributed by atoms with E-state index < -0.39 is 0 Å². The van der Waals surface area contributed by atoms with Gasteiger partial charge in [0.15, 0.2) is 0 Å². The summed E-state index contributed by atoms with van der Waals surface area (Å²) in [6, 6.07) is 0.519. The summed E-state index contributed by atoms with van der Waals surface area (Å²) < 4.78 is 0. The zero-order valence-corrected chi connectivity index (χ0v) is 8.19. The minimum atomic E-state index is 0.506. The molecule has 1 aromatic heterocycles. The van der Waals surface area contributed by atoms with Crippen LogP contribution >= 0.6 is 11.3 Å². The molecule has 3 nitrogen and oxygen atoms in total. The average Bonchev–Trinajstić information content (AvgIpc) is 2.63. The van der Waals surface area contributed by atoms with Gasteiger partial charge in [0.05, 0.1) is 0 Å².